The van der Waals surface area contributed by atoms with Gasteiger partial charge in [0.15, 0.2) is 9.84 Å². The summed E-state index contributed by atoms with van der Waals surface area (Å²) in [6, 6.07) is 5.00. The van der Waals surface area contributed by atoms with Crippen LogP contribution < -0.4 is 0 Å². The highest BCUT2D eigenvalue weighted by Crippen LogP contribution is 2.26. The normalized spacial score (nSPS) is 19.8. The minimum atomic E-state index is -3.01. The van der Waals surface area contributed by atoms with E-state index in [2.05, 4.69) is 4.98 Å². The van der Waals surface area contributed by atoms with Crippen molar-refractivity contribution in [3.8, 4) is 0 Å². The van der Waals surface area contributed by atoms with E-state index in [1.54, 1.807) is 22.8 Å². The van der Waals surface area contributed by atoms with Gasteiger partial charge >= 0.3 is 5.97 Å². The number of ether oxygens (including phenoxy) is 1. The number of hydrogen-bond donors (Lipinski definition) is 0. The number of rotatable bonds is 4. The number of methoxy groups -OCH3 is 1. The van der Waals surface area contributed by atoms with Crippen molar-refractivity contribution in [2.24, 2.45) is 0 Å². The summed E-state index contributed by atoms with van der Waals surface area (Å²) in [5.41, 5.74) is 1.77. The van der Waals surface area contributed by atoms with E-state index >= 15 is 0 Å². The third-order valence-corrected chi connectivity index (χ3v) is 6.43. The predicted molar refractivity (Wildman–Crippen MR) is 82.8 cm³/mol. The van der Waals surface area contributed by atoms with Gasteiger partial charge in [-0.15, -0.1) is 11.6 Å². The van der Waals surface area contributed by atoms with Crippen molar-refractivity contribution in [3.05, 3.63) is 29.6 Å². The number of sulfone groups is 1. The van der Waals surface area contributed by atoms with Gasteiger partial charge in [-0.2, -0.15) is 0 Å². The van der Waals surface area contributed by atoms with E-state index in [9.17, 15) is 13.2 Å². The number of fused-ring (bicyclic) bond motifs is 1. The lowest BCUT2D eigenvalue weighted by molar-refractivity contribution is 0.0601. The predicted octanol–water partition coefficient (Wildman–Crippen LogP) is 1.75. The lowest BCUT2D eigenvalue weighted by Gasteiger charge is -2.27. The molecule has 1 aromatic heterocycles. The molecule has 1 fully saturated rings. The van der Waals surface area contributed by atoms with Crippen LogP contribution in [0.1, 0.15) is 22.6 Å². The monoisotopic (exact) mass is 342 g/mol. The number of aromatic nitrogens is 2. The Bertz CT molecular complexity index is 844. The molecule has 2 heterocycles. The molecule has 1 atom stereocenters. The molecule has 0 N–H and O–H groups in total. The zero-order valence-electron chi connectivity index (χ0n) is 12.0. The van der Waals surface area contributed by atoms with Crippen molar-refractivity contribution >= 4 is 38.4 Å². The number of carbonyl (C=O) groups excluding carboxylic acids is 1. The Morgan fingerprint density at radius 1 is 1.50 bits per heavy atom. The molecule has 8 heteroatoms. The van der Waals surface area contributed by atoms with Crippen molar-refractivity contribution in [1.82, 2.24) is 9.55 Å². The molecule has 118 valence electrons. The first-order valence-electron chi connectivity index (χ1n) is 6.81. The maximum Gasteiger partial charge on any atom is 0.337 e. The maximum absolute atomic E-state index is 11.8. The molecular weight excluding hydrogens is 328 g/mol. The van der Waals surface area contributed by atoms with Gasteiger partial charge < -0.3 is 9.30 Å². The molecule has 1 aromatic carbocycles. The quantitative estimate of drug-likeness (QED) is 0.624. The molecule has 1 saturated heterocycles. The van der Waals surface area contributed by atoms with Gasteiger partial charge in [0.05, 0.1) is 40.6 Å². The Labute approximate surface area is 133 Å². The lowest BCUT2D eigenvalue weighted by Crippen LogP contribution is -2.40. The topological polar surface area (TPSA) is 78.3 Å². The molecule has 1 unspecified atom stereocenters. The van der Waals surface area contributed by atoms with Gasteiger partial charge in [-0.3, -0.25) is 0 Å². The van der Waals surface area contributed by atoms with Crippen LogP contribution in [0.15, 0.2) is 18.2 Å². The van der Waals surface area contributed by atoms with Crippen LogP contribution >= 0.6 is 11.6 Å². The van der Waals surface area contributed by atoms with Crippen LogP contribution in [0.2, 0.25) is 0 Å². The second-order valence-corrected chi connectivity index (χ2v) is 7.91. The molecule has 1 aliphatic heterocycles. The molecule has 0 radical (unpaired) electrons. The van der Waals surface area contributed by atoms with Crippen LogP contribution in [-0.4, -0.2) is 42.1 Å². The first-order valence-corrected chi connectivity index (χ1v) is 9.06. The molecule has 3 rings (SSSR count). The van der Waals surface area contributed by atoms with Crippen LogP contribution in [-0.2, 0) is 27.0 Å². The second kappa shape index (κ2) is 5.55. The third-order valence-electron chi connectivity index (χ3n) is 3.99. The number of halogens is 1. The molecule has 22 heavy (non-hydrogen) atoms. The summed E-state index contributed by atoms with van der Waals surface area (Å²) in [5, 5.41) is -0.409. The zero-order valence-corrected chi connectivity index (χ0v) is 13.5. The van der Waals surface area contributed by atoms with Crippen LogP contribution in [0, 0.1) is 0 Å². The highest BCUT2D eigenvalue weighted by atomic mass is 35.5. The standard InChI is InChI=1S/C14H15ClN2O4S/c1-21-14(18)9-2-3-11-12(6-9)17(13(7-15)16-11)8-10-4-5-22(10,19)20/h2-3,6,10H,4-5,7-8H2,1H3. The first-order chi connectivity index (χ1) is 10.5. The average molecular weight is 343 g/mol. The summed E-state index contributed by atoms with van der Waals surface area (Å²) in [6.07, 6.45) is 0.639. The fourth-order valence-corrected chi connectivity index (χ4v) is 4.14. The molecule has 0 spiro atoms. The highest BCUT2D eigenvalue weighted by Gasteiger charge is 2.36. The molecule has 0 saturated carbocycles. The van der Waals surface area contributed by atoms with Gasteiger partial charge in [0.2, 0.25) is 0 Å². The number of alkyl halides is 1. The van der Waals surface area contributed by atoms with Gasteiger partial charge in [0.25, 0.3) is 0 Å². The third kappa shape index (κ3) is 2.48. The Morgan fingerprint density at radius 2 is 2.27 bits per heavy atom. The largest absolute Gasteiger partial charge is 0.465 e. The summed E-state index contributed by atoms with van der Waals surface area (Å²) < 4.78 is 30.0. The summed E-state index contributed by atoms with van der Waals surface area (Å²) in [5.74, 6) is 0.558. The molecular formula is C14H15ClN2O4S. The fourth-order valence-electron chi connectivity index (χ4n) is 2.61. The number of hydrogen-bond acceptors (Lipinski definition) is 5. The number of esters is 1. The average Bonchev–Trinajstić information content (AvgIpc) is 2.87. The lowest BCUT2D eigenvalue weighted by atomic mass is 10.2. The first kappa shape index (κ1) is 15.3. The molecule has 0 aliphatic carbocycles. The molecule has 1 aliphatic rings. The van der Waals surface area contributed by atoms with Crippen molar-refractivity contribution in [2.45, 2.75) is 24.1 Å². The van der Waals surface area contributed by atoms with Crippen molar-refractivity contribution in [2.75, 3.05) is 12.9 Å². The smallest absolute Gasteiger partial charge is 0.337 e. The van der Waals surface area contributed by atoms with E-state index in [1.165, 1.54) is 7.11 Å². The second-order valence-electron chi connectivity index (χ2n) is 5.25. The van der Waals surface area contributed by atoms with Crippen LogP contribution in [0.25, 0.3) is 11.0 Å². The highest BCUT2D eigenvalue weighted by molar-refractivity contribution is 7.93. The van der Waals surface area contributed by atoms with Gasteiger partial charge in [-0.05, 0) is 24.6 Å². The van der Waals surface area contributed by atoms with Crippen molar-refractivity contribution in [3.63, 3.8) is 0 Å². The van der Waals surface area contributed by atoms with E-state index in [-0.39, 0.29) is 11.6 Å². The van der Waals surface area contributed by atoms with Crippen LogP contribution in [0.5, 0.6) is 0 Å². The number of nitrogens with zero attached hydrogens (tertiary/aromatic N) is 2. The van der Waals surface area contributed by atoms with E-state index in [0.29, 0.717) is 35.4 Å². The van der Waals surface area contributed by atoms with Gasteiger partial charge in [0.1, 0.15) is 5.82 Å². The summed E-state index contributed by atoms with van der Waals surface area (Å²) in [4.78, 5) is 16.1. The number of benzene rings is 1. The molecule has 2 aromatic rings. The van der Waals surface area contributed by atoms with E-state index in [4.69, 9.17) is 16.3 Å². The van der Waals surface area contributed by atoms with E-state index in [0.717, 1.165) is 0 Å². The van der Waals surface area contributed by atoms with Crippen LogP contribution in [0.4, 0.5) is 0 Å². The van der Waals surface area contributed by atoms with Crippen molar-refractivity contribution in [1.29, 1.82) is 0 Å². The zero-order chi connectivity index (χ0) is 15.9. The van der Waals surface area contributed by atoms with E-state index < -0.39 is 21.1 Å². The Kier molecular flexibility index (Phi) is 3.86. The Balaban J connectivity index is 2.07. The minimum Gasteiger partial charge on any atom is -0.465 e. The van der Waals surface area contributed by atoms with Gasteiger partial charge in [-0.25, -0.2) is 18.2 Å². The van der Waals surface area contributed by atoms with Crippen molar-refractivity contribution < 1.29 is 17.9 Å². The maximum atomic E-state index is 11.8. The molecule has 0 amide bonds. The van der Waals surface area contributed by atoms with Gasteiger partial charge in [-0.1, -0.05) is 0 Å². The summed E-state index contributed by atoms with van der Waals surface area (Å²) in [7, 11) is -1.69. The summed E-state index contributed by atoms with van der Waals surface area (Å²) >= 11 is 5.92. The fraction of sp³-hybridized carbons (Fsp3) is 0.429. The minimum absolute atomic E-state index is 0.176. The van der Waals surface area contributed by atoms with Crippen LogP contribution in [0.3, 0.4) is 0 Å². The Morgan fingerprint density at radius 3 is 2.82 bits per heavy atom. The molecule has 6 nitrogen and oxygen atoms in total. The SMILES string of the molecule is COC(=O)c1ccc2nc(CCl)n(CC3CCS3(=O)=O)c2c1. The number of carbonyl (C=O) groups is 1. The van der Waals surface area contributed by atoms with Gasteiger partial charge in [0, 0.05) is 6.54 Å². The van der Waals surface area contributed by atoms with E-state index in [1.807, 2.05) is 0 Å². The molecule has 0 bridgehead atoms. The Hall–Kier alpha value is -1.60. The number of imidazole rings is 1. The summed E-state index contributed by atoms with van der Waals surface area (Å²) in [6.45, 7) is 0.311.